The van der Waals surface area contributed by atoms with Crippen LogP contribution in [0.3, 0.4) is 0 Å². The van der Waals surface area contributed by atoms with Crippen molar-refractivity contribution < 1.29 is 17.9 Å². The van der Waals surface area contributed by atoms with E-state index in [4.69, 9.17) is 15.2 Å². The van der Waals surface area contributed by atoms with Crippen LogP contribution in [0.4, 0.5) is 0 Å². The Morgan fingerprint density at radius 3 is 2.56 bits per heavy atom. The summed E-state index contributed by atoms with van der Waals surface area (Å²) < 4.78 is 33.1. The van der Waals surface area contributed by atoms with Gasteiger partial charge in [0.2, 0.25) is 0 Å². The van der Waals surface area contributed by atoms with E-state index in [0.29, 0.717) is 39.2 Å². The average molecular weight is 251 g/mol. The zero-order valence-corrected chi connectivity index (χ0v) is 10.6. The lowest BCUT2D eigenvalue weighted by molar-refractivity contribution is 0.0555. The van der Waals surface area contributed by atoms with Crippen molar-refractivity contribution in [3.63, 3.8) is 0 Å². The van der Waals surface area contributed by atoms with E-state index in [1.165, 1.54) is 0 Å². The van der Waals surface area contributed by atoms with Crippen LogP contribution in [0.25, 0.3) is 0 Å². The van der Waals surface area contributed by atoms with E-state index in [-0.39, 0.29) is 16.9 Å². The summed E-state index contributed by atoms with van der Waals surface area (Å²) in [6.07, 6.45) is 1.38. The molecule has 1 saturated heterocycles. The molecular weight excluding hydrogens is 230 g/mol. The molecule has 2 N–H and O–H groups in total. The first kappa shape index (κ1) is 13.9. The summed E-state index contributed by atoms with van der Waals surface area (Å²) in [5, 5.41) is 0. The third-order valence-electron chi connectivity index (χ3n) is 3.11. The Kier molecular flexibility index (Phi) is 5.17. The van der Waals surface area contributed by atoms with Crippen molar-refractivity contribution in [2.24, 2.45) is 11.1 Å². The minimum Gasteiger partial charge on any atom is -0.382 e. The second kappa shape index (κ2) is 5.95. The van der Waals surface area contributed by atoms with E-state index in [0.717, 1.165) is 0 Å². The van der Waals surface area contributed by atoms with E-state index in [1.54, 1.807) is 7.11 Å². The average Bonchev–Trinajstić information content (AvgIpc) is 2.55. The summed E-state index contributed by atoms with van der Waals surface area (Å²) in [4.78, 5) is 0. The number of hydrogen-bond acceptors (Lipinski definition) is 5. The van der Waals surface area contributed by atoms with Gasteiger partial charge in [-0.25, -0.2) is 8.42 Å². The Balaban J connectivity index is 2.33. The molecule has 0 aliphatic carbocycles. The predicted molar refractivity (Wildman–Crippen MR) is 62.1 cm³/mol. The summed E-state index contributed by atoms with van der Waals surface area (Å²) in [7, 11) is -1.25. The maximum Gasteiger partial charge on any atom is 0.150 e. The molecule has 0 aromatic heterocycles. The predicted octanol–water partition coefficient (Wildman–Crippen LogP) is -0.197. The molecular formula is C10H21NO4S. The summed E-state index contributed by atoms with van der Waals surface area (Å²) in [5.74, 6) is 0.479. The lowest BCUT2D eigenvalue weighted by atomic mass is 9.84. The first-order chi connectivity index (χ1) is 7.54. The van der Waals surface area contributed by atoms with Crippen LogP contribution < -0.4 is 5.73 Å². The van der Waals surface area contributed by atoms with E-state index in [9.17, 15) is 8.42 Å². The second-order valence-corrected chi connectivity index (χ2v) is 6.59. The van der Waals surface area contributed by atoms with Gasteiger partial charge in [-0.2, -0.15) is 0 Å². The van der Waals surface area contributed by atoms with Crippen molar-refractivity contribution in [2.45, 2.75) is 12.8 Å². The molecule has 0 aromatic carbocycles. The number of nitrogens with two attached hydrogens (primary N) is 1. The highest BCUT2D eigenvalue weighted by Gasteiger charge is 2.40. The van der Waals surface area contributed by atoms with Crippen LogP contribution in [0.2, 0.25) is 0 Å². The van der Waals surface area contributed by atoms with Crippen molar-refractivity contribution >= 4 is 9.84 Å². The lowest BCUT2D eigenvalue weighted by Crippen LogP contribution is -2.33. The number of hydrogen-bond donors (Lipinski definition) is 1. The van der Waals surface area contributed by atoms with E-state index in [1.807, 2.05) is 0 Å². The Bertz CT molecular complexity index is 304. The topological polar surface area (TPSA) is 78.6 Å². The molecule has 1 unspecified atom stereocenters. The van der Waals surface area contributed by atoms with Crippen LogP contribution >= 0.6 is 0 Å². The van der Waals surface area contributed by atoms with Gasteiger partial charge in [-0.1, -0.05) is 0 Å². The molecule has 1 atom stereocenters. The summed E-state index contributed by atoms with van der Waals surface area (Å²) >= 11 is 0. The zero-order chi connectivity index (χ0) is 12.1. The van der Waals surface area contributed by atoms with Crippen molar-refractivity contribution in [3.05, 3.63) is 0 Å². The molecule has 0 bridgehead atoms. The normalized spacial score (nSPS) is 28.4. The van der Waals surface area contributed by atoms with Crippen LogP contribution in [0, 0.1) is 5.41 Å². The van der Waals surface area contributed by atoms with Gasteiger partial charge in [0.15, 0.2) is 9.84 Å². The minimum absolute atomic E-state index is 0.212. The number of sulfone groups is 1. The van der Waals surface area contributed by atoms with Crippen LogP contribution in [0.5, 0.6) is 0 Å². The van der Waals surface area contributed by atoms with Gasteiger partial charge in [-0.3, -0.25) is 0 Å². The van der Waals surface area contributed by atoms with E-state index in [2.05, 4.69) is 0 Å². The first-order valence-electron chi connectivity index (χ1n) is 5.51. The first-order valence-corrected chi connectivity index (χ1v) is 7.33. The molecule has 0 saturated carbocycles. The molecule has 5 nitrogen and oxygen atoms in total. The van der Waals surface area contributed by atoms with Gasteiger partial charge in [-0.15, -0.1) is 0 Å². The van der Waals surface area contributed by atoms with E-state index < -0.39 is 9.84 Å². The standard InChI is InChI=1S/C10H21NO4S/c1-14-5-6-15-4-2-10(8-11)3-7-16(12,13)9-10/h2-9,11H2,1H3. The molecule has 0 amide bonds. The molecule has 1 heterocycles. The van der Waals surface area contributed by atoms with Crippen molar-refractivity contribution in [3.8, 4) is 0 Å². The molecule has 6 heteroatoms. The maximum absolute atomic E-state index is 11.4. The van der Waals surface area contributed by atoms with Gasteiger partial charge in [0.25, 0.3) is 0 Å². The second-order valence-electron chi connectivity index (χ2n) is 4.40. The minimum atomic E-state index is -2.87. The van der Waals surface area contributed by atoms with Crippen LogP contribution in [-0.2, 0) is 19.3 Å². The van der Waals surface area contributed by atoms with Gasteiger partial charge < -0.3 is 15.2 Å². The fourth-order valence-electron chi connectivity index (χ4n) is 1.98. The fraction of sp³-hybridized carbons (Fsp3) is 1.00. The molecule has 1 aliphatic rings. The summed E-state index contributed by atoms with van der Waals surface area (Å²) in [5.41, 5.74) is 5.43. The van der Waals surface area contributed by atoms with Gasteiger partial charge in [0, 0.05) is 13.7 Å². The van der Waals surface area contributed by atoms with Gasteiger partial charge >= 0.3 is 0 Å². The molecule has 0 aromatic rings. The largest absolute Gasteiger partial charge is 0.382 e. The number of methoxy groups -OCH3 is 1. The fourth-order valence-corrected chi connectivity index (χ4v) is 4.20. The molecule has 96 valence electrons. The van der Waals surface area contributed by atoms with Crippen LogP contribution in [-0.4, -0.2) is 53.4 Å². The highest BCUT2D eigenvalue weighted by molar-refractivity contribution is 7.91. The molecule has 0 radical (unpaired) electrons. The Morgan fingerprint density at radius 2 is 2.06 bits per heavy atom. The third kappa shape index (κ3) is 4.01. The SMILES string of the molecule is COCCOCCC1(CN)CCS(=O)(=O)C1. The third-order valence-corrected chi connectivity index (χ3v) is 4.99. The smallest absolute Gasteiger partial charge is 0.150 e. The molecule has 16 heavy (non-hydrogen) atoms. The monoisotopic (exact) mass is 251 g/mol. The van der Waals surface area contributed by atoms with Crippen molar-refractivity contribution in [1.82, 2.24) is 0 Å². The molecule has 0 spiro atoms. The Morgan fingerprint density at radius 1 is 1.31 bits per heavy atom. The maximum atomic E-state index is 11.4. The zero-order valence-electron chi connectivity index (χ0n) is 9.78. The highest BCUT2D eigenvalue weighted by atomic mass is 32.2. The summed E-state index contributed by atoms with van der Waals surface area (Å²) in [6.45, 7) is 2.08. The van der Waals surface area contributed by atoms with Gasteiger partial charge in [0.05, 0.1) is 24.7 Å². The molecule has 1 aliphatic heterocycles. The quantitative estimate of drug-likeness (QED) is 0.634. The van der Waals surface area contributed by atoms with Crippen LogP contribution in [0.15, 0.2) is 0 Å². The number of rotatable bonds is 7. The van der Waals surface area contributed by atoms with Crippen LogP contribution in [0.1, 0.15) is 12.8 Å². The van der Waals surface area contributed by atoms with Gasteiger partial charge in [0.1, 0.15) is 0 Å². The molecule has 1 rings (SSSR count). The Hall–Kier alpha value is -0.170. The lowest BCUT2D eigenvalue weighted by Gasteiger charge is -2.25. The van der Waals surface area contributed by atoms with Crippen molar-refractivity contribution in [2.75, 3.05) is 45.0 Å². The highest BCUT2D eigenvalue weighted by Crippen LogP contribution is 2.34. The summed E-state index contributed by atoms with van der Waals surface area (Å²) in [6, 6.07) is 0. The van der Waals surface area contributed by atoms with E-state index >= 15 is 0 Å². The van der Waals surface area contributed by atoms with Crippen molar-refractivity contribution in [1.29, 1.82) is 0 Å². The van der Waals surface area contributed by atoms with Gasteiger partial charge in [-0.05, 0) is 24.8 Å². The Labute approximate surface area is 97.2 Å². The number of ether oxygens (including phenoxy) is 2. The molecule has 1 fully saturated rings.